The van der Waals surface area contributed by atoms with Gasteiger partial charge in [0, 0.05) is 18.0 Å². The molecule has 1 unspecified atom stereocenters. The summed E-state index contributed by atoms with van der Waals surface area (Å²) >= 11 is 0. The van der Waals surface area contributed by atoms with Gasteiger partial charge < -0.3 is 10.3 Å². The molecule has 0 spiro atoms. The van der Waals surface area contributed by atoms with Crippen LogP contribution in [0.1, 0.15) is 56.6 Å². The Morgan fingerprint density at radius 2 is 2.25 bits per heavy atom. The Labute approximate surface area is 95.5 Å². The van der Waals surface area contributed by atoms with E-state index in [-0.39, 0.29) is 17.5 Å². The monoisotopic (exact) mass is 221 g/mol. The van der Waals surface area contributed by atoms with Crippen molar-refractivity contribution < 1.29 is 0 Å². The number of H-pyrrole nitrogens is 1. The lowest BCUT2D eigenvalue weighted by Crippen LogP contribution is -2.29. The number of rotatable bonds is 2. The highest BCUT2D eigenvalue weighted by molar-refractivity contribution is 5.10. The molecule has 2 heterocycles. The van der Waals surface area contributed by atoms with Gasteiger partial charge in [-0.25, -0.2) is 4.98 Å². The van der Waals surface area contributed by atoms with E-state index >= 15 is 0 Å². The number of hydrogen-bond donors (Lipinski definition) is 2. The van der Waals surface area contributed by atoms with E-state index in [1.54, 1.807) is 6.07 Å². The average Bonchev–Trinajstić information content (AvgIpc) is 2.29. The Morgan fingerprint density at radius 1 is 1.44 bits per heavy atom. The van der Waals surface area contributed by atoms with Crippen molar-refractivity contribution in [1.82, 2.24) is 15.3 Å². The van der Waals surface area contributed by atoms with Gasteiger partial charge in [0.2, 0.25) is 0 Å². The molecule has 4 heteroatoms. The van der Waals surface area contributed by atoms with Crippen LogP contribution in [-0.4, -0.2) is 16.5 Å². The second-order valence-electron chi connectivity index (χ2n) is 4.71. The molecule has 1 atom stereocenters. The largest absolute Gasteiger partial charge is 0.310 e. The summed E-state index contributed by atoms with van der Waals surface area (Å²) in [6.07, 6.45) is 3.51. The summed E-state index contributed by atoms with van der Waals surface area (Å²) in [6.45, 7) is 5.10. The molecular formula is C12H19N3O. The molecule has 0 aliphatic carbocycles. The van der Waals surface area contributed by atoms with E-state index in [1.165, 1.54) is 12.8 Å². The van der Waals surface area contributed by atoms with Crippen LogP contribution >= 0.6 is 0 Å². The zero-order valence-electron chi connectivity index (χ0n) is 9.92. The first-order valence-corrected chi connectivity index (χ1v) is 6.01. The number of nitrogens with one attached hydrogen (secondary N) is 2. The third kappa shape index (κ3) is 2.50. The molecule has 1 aliphatic heterocycles. The smallest absolute Gasteiger partial charge is 0.251 e. The summed E-state index contributed by atoms with van der Waals surface area (Å²) in [7, 11) is 0. The predicted octanol–water partition coefficient (Wildman–Crippen LogP) is 1.71. The van der Waals surface area contributed by atoms with Crippen LogP contribution in [0.4, 0.5) is 0 Å². The zero-order chi connectivity index (χ0) is 11.5. The maximum Gasteiger partial charge on any atom is 0.251 e. The normalized spacial score (nSPS) is 21.3. The first-order valence-electron chi connectivity index (χ1n) is 6.01. The summed E-state index contributed by atoms with van der Waals surface area (Å²) in [6, 6.07) is 1.88. The maximum absolute atomic E-state index is 11.5. The SMILES string of the molecule is CC(C)c1nc(C2CCCCN2)cc(=O)[nH]1. The Bertz CT molecular complexity index is 405. The molecular weight excluding hydrogens is 202 g/mol. The van der Waals surface area contributed by atoms with Crippen molar-refractivity contribution in [2.45, 2.75) is 45.1 Å². The van der Waals surface area contributed by atoms with Crippen molar-refractivity contribution in [3.8, 4) is 0 Å². The molecule has 0 radical (unpaired) electrons. The van der Waals surface area contributed by atoms with Gasteiger partial charge in [-0.05, 0) is 19.4 Å². The van der Waals surface area contributed by atoms with Gasteiger partial charge in [0.15, 0.2) is 0 Å². The number of aromatic amines is 1. The highest BCUT2D eigenvalue weighted by Crippen LogP contribution is 2.21. The van der Waals surface area contributed by atoms with Crippen molar-refractivity contribution in [2.75, 3.05) is 6.54 Å². The lowest BCUT2D eigenvalue weighted by molar-refractivity contribution is 0.403. The quantitative estimate of drug-likeness (QED) is 0.799. The molecule has 0 bridgehead atoms. The first kappa shape index (κ1) is 11.3. The molecule has 2 rings (SSSR count). The summed E-state index contributed by atoms with van der Waals surface area (Å²) in [5, 5.41) is 3.41. The molecule has 2 N–H and O–H groups in total. The third-order valence-electron chi connectivity index (χ3n) is 2.99. The van der Waals surface area contributed by atoms with Gasteiger partial charge in [-0.2, -0.15) is 0 Å². The molecule has 0 saturated carbocycles. The van der Waals surface area contributed by atoms with Gasteiger partial charge in [-0.3, -0.25) is 4.79 Å². The molecule has 88 valence electrons. The highest BCUT2D eigenvalue weighted by Gasteiger charge is 2.17. The maximum atomic E-state index is 11.5. The van der Waals surface area contributed by atoms with E-state index in [4.69, 9.17) is 0 Å². The van der Waals surface area contributed by atoms with Gasteiger partial charge in [0.25, 0.3) is 5.56 Å². The van der Waals surface area contributed by atoms with Crippen molar-refractivity contribution in [2.24, 2.45) is 0 Å². The average molecular weight is 221 g/mol. The summed E-state index contributed by atoms with van der Waals surface area (Å²) in [4.78, 5) is 18.9. The minimum absolute atomic E-state index is 0.0407. The lowest BCUT2D eigenvalue weighted by atomic mass is 10.0. The molecule has 1 aromatic heterocycles. The van der Waals surface area contributed by atoms with Crippen molar-refractivity contribution >= 4 is 0 Å². The van der Waals surface area contributed by atoms with Gasteiger partial charge in [0.1, 0.15) is 5.82 Å². The van der Waals surface area contributed by atoms with Crippen LogP contribution in [0.3, 0.4) is 0 Å². The number of piperidine rings is 1. The molecule has 16 heavy (non-hydrogen) atoms. The van der Waals surface area contributed by atoms with Crippen LogP contribution in [0.15, 0.2) is 10.9 Å². The summed E-state index contributed by atoms with van der Waals surface area (Å²) in [5.41, 5.74) is 0.855. The van der Waals surface area contributed by atoms with Crippen molar-refractivity contribution in [3.05, 3.63) is 27.9 Å². The Morgan fingerprint density at radius 3 is 2.88 bits per heavy atom. The Kier molecular flexibility index (Phi) is 3.39. The zero-order valence-corrected chi connectivity index (χ0v) is 9.92. The molecule has 0 amide bonds. The van der Waals surface area contributed by atoms with Crippen LogP contribution in [0.5, 0.6) is 0 Å². The van der Waals surface area contributed by atoms with E-state index in [0.29, 0.717) is 0 Å². The minimum atomic E-state index is -0.0407. The topological polar surface area (TPSA) is 57.8 Å². The molecule has 1 saturated heterocycles. The van der Waals surface area contributed by atoms with E-state index in [0.717, 1.165) is 24.5 Å². The molecule has 1 fully saturated rings. The van der Waals surface area contributed by atoms with Crippen LogP contribution in [0, 0.1) is 0 Å². The second-order valence-corrected chi connectivity index (χ2v) is 4.71. The van der Waals surface area contributed by atoms with Gasteiger partial charge in [-0.15, -0.1) is 0 Å². The van der Waals surface area contributed by atoms with Gasteiger partial charge in [-0.1, -0.05) is 20.3 Å². The third-order valence-corrected chi connectivity index (χ3v) is 2.99. The summed E-state index contributed by atoms with van der Waals surface area (Å²) in [5.74, 6) is 1.05. The van der Waals surface area contributed by atoms with E-state index < -0.39 is 0 Å². The Hall–Kier alpha value is -1.16. The van der Waals surface area contributed by atoms with Crippen LogP contribution in [0.25, 0.3) is 0 Å². The lowest BCUT2D eigenvalue weighted by Gasteiger charge is -2.23. The van der Waals surface area contributed by atoms with E-state index in [1.807, 2.05) is 13.8 Å². The highest BCUT2D eigenvalue weighted by atomic mass is 16.1. The molecule has 4 nitrogen and oxygen atoms in total. The fraction of sp³-hybridized carbons (Fsp3) is 0.667. The molecule has 1 aliphatic rings. The number of aromatic nitrogens is 2. The van der Waals surface area contributed by atoms with Crippen LogP contribution < -0.4 is 10.9 Å². The fourth-order valence-electron chi connectivity index (χ4n) is 2.05. The number of hydrogen-bond acceptors (Lipinski definition) is 3. The fourth-order valence-corrected chi connectivity index (χ4v) is 2.05. The van der Waals surface area contributed by atoms with Crippen LogP contribution in [-0.2, 0) is 0 Å². The van der Waals surface area contributed by atoms with Gasteiger partial charge >= 0.3 is 0 Å². The summed E-state index contributed by atoms with van der Waals surface area (Å²) < 4.78 is 0. The van der Waals surface area contributed by atoms with Crippen molar-refractivity contribution in [3.63, 3.8) is 0 Å². The van der Waals surface area contributed by atoms with Gasteiger partial charge in [0.05, 0.1) is 5.69 Å². The standard InChI is InChI=1S/C12H19N3O/c1-8(2)12-14-10(7-11(16)15-12)9-5-3-4-6-13-9/h7-9,13H,3-6H2,1-2H3,(H,14,15,16). The predicted molar refractivity (Wildman–Crippen MR) is 63.5 cm³/mol. The number of nitrogens with zero attached hydrogens (tertiary/aromatic N) is 1. The minimum Gasteiger partial charge on any atom is -0.310 e. The molecule has 1 aromatic rings. The Balaban J connectivity index is 2.29. The van der Waals surface area contributed by atoms with E-state index in [9.17, 15) is 4.79 Å². The van der Waals surface area contributed by atoms with Crippen LogP contribution in [0.2, 0.25) is 0 Å². The van der Waals surface area contributed by atoms with Crippen molar-refractivity contribution in [1.29, 1.82) is 0 Å². The second kappa shape index (κ2) is 4.78. The molecule has 0 aromatic carbocycles. The van der Waals surface area contributed by atoms with E-state index in [2.05, 4.69) is 15.3 Å². The first-order chi connectivity index (χ1) is 7.66.